The van der Waals surface area contributed by atoms with E-state index in [0.29, 0.717) is 38.5 Å². The summed E-state index contributed by atoms with van der Waals surface area (Å²) in [6, 6.07) is 7.90. The molecule has 22 nitrogen and oxygen atoms in total. The lowest BCUT2D eigenvalue weighted by atomic mass is 9.67. The average molecular weight is 1360 g/mol. The Morgan fingerprint density at radius 1 is 0.456 bits per heavy atom. The molecule has 12 aliphatic heterocycles. The van der Waals surface area contributed by atoms with Gasteiger partial charge in [0, 0.05) is 0 Å². The second-order valence-electron chi connectivity index (χ2n) is 26.8. The number of halogens is 5. The van der Waals surface area contributed by atoms with Crippen LogP contribution in [0, 0.1) is 35.0 Å². The molecule has 90 heavy (non-hydrogen) atoms. The largest absolute Gasteiger partial charge is 0.468 e. The van der Waals surface area contributed by atoms with Crippen LogP contribution in [-0.2, 0) is 105 Å². The molecule has 12 heterocycles. The predicted octanol–water partition coefficient (Wildman–Crippen LogP) is 3.23. The lowest BCUT2D eigenvalue weighted by molar-refractivity contribution is -0.162. The molecule has 1 aromatic rings. The van der Waals surface area contributed by atoms with Gasteiger partial charge in [0.15, 0.2) is 60.5 Å². The first-order chi connectivity index (χ1) is 42.5. The zero-order chi connectivity index (χ0) is 64.1. The summed E-state index contributed by atoms with van der Waals surface area (Å²) in [4.78, 5) is 151. The number of hydrogen-bond donors (Lipinski definition) is 0. The van der Waals surface area contributed by atoms with E-state index in [9.17, 15) is 83.9 Å². The van der Waals surface area contributed by atoms with Crippen LogP contribution in [0.2, 0.25) is 0 Å². The van der Waals surface area contributed by atoms with E-state index in [1.54, 1.807) is 18.2 Å². The number of benzene rings is 1. The number of alkyl halides is 5. The minimum Gasteiger partial charge on any atom is -0.468 e. The van der Waals surface area contributed by atoms with Crippen molar-refractivity contribution in [2.75, 3.05) is 7.11 Å². The van der Waals surface area contributed by atoms with E-state index in [2.05, 4.69) is 15.9 Å². The average Bonchev–Trinajstić information content (AvgIpc) is 1.53. The molecule has 6 saturated carbocycles. The molecule has 19 rings (SSSR count). The van der Waals surface area contributed by atoms with Gasteiger partial charge in [-0.25, -0.2) is 21.6 Å². The highest BCUT2D eigenvalue weighted by Gasteiger charge is 2.82. The smallest absolute Gasteiger partial charge is 0.322 e. The molecular weight excluding hydrogens is 1300 g/mol. The van der Waals surface area contributed by atoms with Crippen LogP contribution in [-0.4, -0.2) is 195 Å². The van der Waals surface area contributed by atoms with Crippen molar-refractivity contribution in [1.29, 1.82) is 0 Å². The summed E-state index contributed by atoms with van der Waals surface area (Å²) in [6.07, 6.45) is 1.73. The Morgan fingerprint density at radius 2 is 0.878 bits per heavy atom. The topological polar surface area (TPSA) is 321 Å². The van der Waals surface area contributed by atoms with Gasteiger partial charge in [0.1, 0.15) is 56.4 Å². The van der Waals surface area contributed by atoms with E-state index >= 15 is 0 Å². The zero-order valence-corrected chi connectivity index (χ0v) is 51.4. The molecule has 0 amide bonds. The standard InChI is InChI=1S/C15H14O5S.C11H12O5.C9H9BrO3.C9H9ClO3.C9H8F2O3.C9H9FO3/c16-10-8-12(17)15(13-7-6-11(20-13)14(10)15)21(18,19)9-4-2-1-3-5-9;1-15-10(14)11-7(13)4-5(12)9(11)6-2-3-8(11)16-6;2*10-9-6(12)3-4(11)8(9)5-1-2-7(9)13-5;10-8-4(12)3-5(13)9(8,11)7-2-1-6(8)14-7;10-9-6(12)3-4(11)8(9)5-1-2-7(9)13-5/h1-5,11,13-14H,6-8H2;6,8-9H,2-4H2,1H3;2*5,7-8H,1-3H2;6-7H,1-3H2;5,7-8H,1-3H2/t11-,13+,14-,15-;6-,8+,9-,11-;2*5-,7+,8-,9-;6-,7+,8+,9-;5-,7+,8-,9-/m0000.0/s1. The van der Waals surface area contributed by atoms with Gasteiger partial charge in [0.05, 0.1) is 135 Å². The van der Waals surface area contributed by atoms with Crippen molar-refractivity contribution in [1.82, 2.24) is 0 Å². The molecule has 18 fully saturated rings. The number of ketones is 12. The third kappa shape index (κ3) is 7.83. The molecule has 24 atom stereocenters. The van der Waals surface area contributed by atoms with Crippen molar-refractivity contribution in [3.8, 4) is 0 Å². The molecular formula is C62H61BrClF3O22S. The Hall–Kier alpha value is -5.00. The number of Topliss-reactive ketones (excluding diaryl/α,β-unsaturated/α-hetero) is 12. The van der Waals surface area contributed by atoms with E-state index < -0.39 is 136 Å². The maximum Gasteiger partial charge on any atom is 0.322 e. The summed E-state index contributed by atoms with van der Waals surface area (Å²) >= 11 is 9.65. The molecule has 12 bridgehead atoms. The third-order valence-corrected chi connectivity index (χ3v) is 27.7. The second kappa shape index (κ2) is 21.0. The van der Waals surface area contributed by atoms with Crippen LogP contribution < -0.4 is 0 Å². The first kappa shape index (κ1) is 62.4. The van der Waals surface area contributed by atoms with E-state index in [-0.39, 0.29) is 132 Å². The molecule has 0 N–H and O–H groups in total. The monoisotopic (exact) mass is 1360 g/mol. The van der Waals surface area contributed by atoms with Crippen molar-refractivity contribution in [3.05, 3.63) is 30.3 Å². The molecule has 0 unspecified atom stereocenters. The van der Waals surface area contributed by atoms with Gasteiger partial charge in [0.25, 0.3) is 0 Å². The highest BCUT2D eigenvalue weighted by molar-refractivity contribution is 9.10. The summed E-state index contributed by atoms with van der Waals surface area (Å²) in [7, 11) is -2.70. The normalized spacial score (nSPS) is 48.5. The van der Waals surface area contributed by atoms with E-state index in [0.717, 1.165) is 38.5 Å². The van der Waals surface area contributed by atoms with Crippen LogP contribution in [0.15, 0.2) is 35.2 Å². The summed E-state index contributed by atoms with van der Waals surface area (Å²) in [5.74, 6) is -7.38. The SMILES string of the molecule is COC(=O)[C@]12C(=O)CC(=O)[C@H]1[C@@H]1CC[C@H]2O1.O=C1CC(=O)[C@]2(Br)[C@H]3CC[C@H](O3)[C@H]12.O=C1CC(=O)[C@]2(Cl)[C@H]3CC[C@H](O3)[C@H]12.O=C1CC(=O)[C@]2(F)[C@H]3CC[C@H](O3)[C@H]12.O=C1CC(=O)[C@]2(F)[C@H]3CC[C@H](O3)[C@]12F.O=C1CC(=O)[C@]2(S(=O)(=O)c3ccccc3)[C@H]3CC[C@H](O3)[C@H]12. The zero-order valence-electron chi connectivity index (χ0n) is 48.2. The van der Waals surface area contributed by atoms with Crippen molar-refractivity contribution >= 4 is 113 Å². The number of hydrogen-bond acceptors (Lipinski definition) is 22. The summed E-state index contributed by atoms with van der Waals surface area (Å²) in [6.45, 7) is 0. The van der Waals surface area contributed by atoms with Gasteiger partial charge in [-0.3, -0.25) is 62.3 Å². The van der Waals surface area contributed by atoms with Crippen LogP contribution in [0.5, 0.6) is 0 Å². The fourth-order valence-electron chi connectivity index (χ4n) is 19.2. The third-order valence-electron chi connectivity index (χ3n) is 23.0. The predicted molar refractivity (Wildman–Crippen MR) is 295 cm³/mol. The molecule has 1 aromatic carbocycles. The highest BCUT2D eigenvalue weighted by atomic mass is 79.9. The second-order valence-corrected chi connectivity index (χ2v) is 30.9. The number of fused-ring (bicyclic) bond motifs is 30. The molecule has 482 valence electrons. The maximum atomic E-state index is 14.2. The number of carbonyl (C=O) groups excluding carboxylic acids is 13. The van der Waals surface area contributed by atoms with E-state index in [1.165, 1.54) is 19.2 Å². The van der Waals surface area contributed by atoms with Crippen LogP contribution in [0.25, 0.3) is 0 Å². The number of rotatable bonds is 3. The summed E-state index contributed by atoms with van der Waals surface area (Å²) in [5, 5.41) is 0. The molecule has 0 spiro atoms. The lowest BCUT2D eigenvalue weighted by Gasteiger charge is -2.33. The fourth-order valence-corrected chi connectivity index (χ4v) is 23.1. The van der Waals surface area contributed by atoms with Gasteiger partial charge in [-0.05, 0) is 89.2 Å². The van der Waals surface area contributed by atoms with Gasteiger partial charge in [-0.2, -0.15) is 0 Å². The van der Waals surface area contributed by atoms with Crippen LogP contribution in [0.1, 0.15) is 116 Å². The minimum absolute atomic E-state index is 0.00308. The molecule has 0 aromatic heterocycles. The Labute approximate surface area is 524 Å². The van der Waals surface area contributed by atoms with Crippen molar-refractivity contribution < 1.29 is 117 Å². The minimum atomic E-state index is -3.95. The lowest BCUT2D eigenvalue weighted by Crippen LogP contribution is -2.57. The van der Waals surface area contributed by atoms with E-state index in [4.69, 9.17) is 44.8 Å². The van der Waals surface area contributed by atoms with E-state index in [1.807, 2.05) is 0 Å². The van der Waals surface area contributed by atoms with Crippen LogP contribution in [0.4, 0.5) is 13.2 Å². The highest BCUT2D eigenvalue weighted by Crippen LogP contribution is 2.62. The molecule has 0 radical (unpaired) electrons. The Kier molecular flexibility index (Phi) is 14.6. The molecule has 18 aliphatic rings. The number of methoxy groups -OCH3 is 1. The number of ether oxygens (including phenoxy) is 7. The van der Waals surface area contributed by atoms with Crippen LogP contribution >= 0.6 is 27.5 Å². The van der Waals surface area contributed by atoms with Crippen molar-refractivity contribution in [2.45, 2.75) is 225 Å². The summed E-state index contributed by atoms with van der Waals surface area (Å²) in [5.41, 5.74) is -8.64. The Bertz CT molecular complexity index is 3430. The van der Waals surface area contributed by atoms with Gasteiger partial charge < -0.3 is 33.2 Å². The first-order valence-electron chi connectivity index (χ1n) is 30.7. The molecule has 28 heteroatoms. The van der Waals surface area contributed by atoms with Crippen LogP contribution in [0.3, 0.4) is 0 Å². The van der Waals surface area contributed by atoms with Gasteiger partial charge >= 0.3 is 5.97 Å². The number of sulfone groups is 1. The Balaban J connectivity index is 0.0000000952. The van der Waals surface area contributed by atoms with Crippen molar-refractivity contribution in [3.63, 3.8) is 0 Å². The maximum absolute atomic E-state index is 14.2. The molecule has 12 saturated heterocycles. The van der Waals surface area contributed by atoms with Gasteiger partial charge in [-0.15, -0.1) is 11.6 Å². The Morgan fingerprint density at radius 3 is 1.49 bits per heavy atom. The van der Waals surface area contributed by atoms with Crippen molar-refractivity contribution in [2.24, 2.45) is 35.0 Å². The quantitative estimate of drug-likeness (QED) is 0.238. The summed E-state index contributed by atoms with van der Waals surface area (Å²) < 4.78 is 104. The number of esters is 1. The van der Waals surface area contributed by atoms with Gasteiger partial charge in [0.2, 0.25) is 17.0 Å². The van der Waals surface area contributed by atoms with Gasteiger partial charge in [-0.1, -0.05) is 34.1 Å². The number of carbonyl (C=O) groups is 13. The first-order valence-corrected chi connectivity index (χ1v) is 33.3. The molecule has 6 aliphatic carbocycles. The fraction of sp³-hybridized carbons (Fsp3) is 0.694.